The zero-order chi connectivity index (χ0) is 24.4. The molecule has 7 rings (SSSR count). The molecule has 7 aromatic rings. The van der Waals surface area contributed by atoms with E-state index in [1.165, 1.54) is 16.7 Å². The molecule has 0 spiro atoms. The lowest BCUT2D eigenvalue weighted by molar-refractivity contribution is 0.831. The Morgan fingerprint density at radius 3 is 0.972 bits per heavy atom. The van der Waals surface area contributed by atoms with Gasteiger partial charge in [0.15, 0.2) is 16.9 Å². The summed E-state index contributed by atoms with van der Waals surface area (Å²) in [7, 11) is 0. The summed E-state index contributed by atoms with van der Waals surface area (Å²) in [4.78, 5) is 0. The Hall–Kier alpha value is -4.71. The number of hydrogen-bond donors (Lipinski definition) is 0. The molecule has 4 aromatic heterocycles. The molecule has 0 atom stereocenters. The molecule has 0 aliphatic heterocycles. The lowest BCUT2D eigenvalue weighted by Crippen LogP contribution is -2.04. The highest BCUT2D eigenvalue weighted by atomic mass is 15.4. The summed E-state index contributed by atoms with van der Waals surface area (Å²) in [6.07, 6.45) is 0. The Bertz CT molecular complexity index is 1610. The third-order valence-electron chi connectivity index (χ3n) is 6.99. The second-order valence-corrected chi connectivity index (χ2v) is 9.34. The van der Waals surface area contributed by atoms with Gasteiger partial charge < -0.3 is 0 Å². The zero-order valence-corrected chi connectivity index (χ0v) is 20.3. The van der Waals surface area contributed by atoms with Crippen molar-refractivity contribution >= 4 is 16.9 Å². The van der Waals surface area contributed by atoms with Crippen molar-refractivity contribution in [1.29, 1.82) is 0 Å². The molecule has 0 N–H and O–H groups in total. The topological polar surface area (TPSA) is 51.9 Å². The minimum atomic E-state index is 0.895. The van der Waals surface area contributed by atoms with Crippen LogP contribution in [0.25, 0.3) is 50.7 Å². The van der Waals surface area contributed by atoms with Crippen molar-refractivity contribution < 1.29 is 0 Å². The fraction of sp³-hybridized carbons (Fsp3) is 0.100. The average Bonchev–Trinajstić information content (AvgIpc) is 3.61. The fourth-order valence-electron chi connectivity index (χ4n) is 5.05. The maximum absolute atomic E-state index is 5.05. The highest BCUT2D eigenvalue weighted by molar-refractivity contribution is 5.76. The molecule has 0 saturated heterocycles. The van der Waals surface area contributed by atoms with Gasteiger partial charge in [-0.1, -0.05) is 72.8 Å². The standard InChI is InChI=1S/C30H24N6/c1-19-10-4-7-13-22(19)25-16-28-34(31-25)29-17-26(23-14-8-5-11-20(23)2)33-36(29)30-18-27(32-35(28)30)24-15-9-6-12-21(24)3/h4-18H,1-3H3. The van der Waals surface area contributed by atoms with Crippen LogP contribution in [0.15, 0.2) is 91.0 Å². The molecule has 0 radical (unpaired) electrons. The summed E-state index contributed by atoms with van der Waals surface area (Å²) < 4.78 is 5.87. The molecule has 0 bridgehead atoms. The van der Waals surface area contributed by atoms with Crippen LogP contribution in [0.2, 0.25) is 0 Å². The van der Waals surface area contributed by atoms with E-state index in [1.54, 1.807) is 0 Å². The molecule has 0 amide bonds. The lowest BCUT2D eigenvalue weighted by Gasteiger charge is -2.02. The smallest absolute Gasteiger partial charge is 0.162 e. The van der Waals surface area contributed by atoms with E-state index in [9.17, 15) is 0 Å². The first-order chi connectivity index (χ1) is 17.6. The minimum absolute atomic E-state index is 0.895. The van der Waals surface area contributed by atoms with Crippen molar-refractivity contribution in [1.82, 2.24) is 28.8 Å². The number of aryl methyl sites for hydroxylation is 3. The third kappa shape index (κ3) is 3.01. The molecular weight excluding hydrogens is 444 g/mol. The third-order valence-corrected chi connectivity index (χ3v) is 6.99. The van der Waals surface area contributed by atoms with Crippen LogP contribution in [0.3, 0.4) is 0 Å². The first-order valence-electron chi connectivity index (χ1n) is 12.1. The van der Waals surface area contributed by atoms with Crippen LogP contribution in [-0.2, 0) is 0 Å². The first kappa shape index (κ1) is 20.6. The fourth-order valence-corrected chi connectivity index (χ4v) is 5.05. The van der Waals surface area contributed by atoms with Crippen LogP contribution in [0.1, 0.15) is 16.7 Å². The van der Waals surface area contributed by atoms with Crippen molar-refractivity contribution in [2.45, 2.75) is 20.8 Å². The largest absolute Gasteiger partial charge is 0.196 e. The van der Waals surface area contributed by atoms with Crippen LogP contribution in [-0.4, -0.2) is 28.8 Å². The number of benzene rings is 3. The van der Waals surface area contributed by atoms with E-state index >= 15 is 0 Å². The second-order valence-electron chi connectivity index (χ2n) is 9.34. The number of rotatable bonds is 3. The molecule has 0 aliphatic carbocycles. The lowest BCUT2D eigenvalue weighted by atomic mass is 10.1. The van der Waals surface area contributed by atoms with E-state index < -0.39 is 0 Å². The molecule has 3 aromatic carbocycles. The van der Waals surface area contributed by atoms with Crippen molar-refractivity contribution in [3.63, 3.8) is 0 Å². The molecule has 6 nitrogen and oxygen atoms in total. The normalized spacial score (nSPS) is 11.8. The summed E-state index contributed by atoms with van der Waals surface area (Å²) in [5, 5.41) is 15.1. The molecular formula is C30H24N6. The molecule has 6 heteroatoms. The summed E-state index contributed by atoms with van der Waals surface area (Å²) in [5.41, 5.74) is 12.3. The van der Waals surface area contributed by atoms with Gasteiger partial charge in [-0.2, -0.15) is 28.8 Å². The molecule has 4 heterocycles. The van der Waals surface area contributed by atoms with Crippen molar-refractivity contribution in [2.24, 2.45) is 0 Å². The van der Waals surface area contributed by atoms with Gasteiger partial charge in [0.25, 0.3) is 0 Å². The molecule has 0 fully saturated rings. The summed E-state index contributed by atoms with van der Waals surface area (Å²) >= 11 is 0. The van der Waals surface area contributed by atoms with Gasteiger partial charge in [-0.3, -0.25) is 0 Å². The Labute approximate surface area is 208 Å². The van der Waals surface area contributed by atoms with Gasteiger partial charge in [0, 0.05) is 34.9 Å². The van der Waals surface area contributed by atoms with Gasteiger partial charge in [0.2, 0.25) is 0 Å². The Morgan fingerprint density at radius 2 is 0.694 bits per heavy atom. The van der Waals surface area contributed by atoms with E-state index in [0.717, 1.165) is 50.7 Å². The predicted molar refractivity (Wildman–Crippen MR) is 143 cm³/mol. The van der Waals surface area contributed by atoms with E-state index in [1.807, 2.05) is 13.5 Å². The first-order valence-corrected chi connectivity index (χ1v) is 12.1. The molecule has 0 unspecified atom stereocenters. The Balaban J connectivity index is 1.58. The van der Waals surface area contributed by atoms with Gasteiger partial charge in [-0.25, -0.2) is 0 Å². The highest BCUT2D eigenvalue weighted by Crippen LogP contribution is 2.30. The molecule has 0 aliphatic rings. The highest BCUT2D eigenvalue weighted by Gasteiger charge is 2.19. The van der Waals surface area contributed by atoms with E-state index in [0.29, 0.717) is 0 Å². The Kier molecular flexibility index (Phi) is 4.39. The average molecular weight is 469 g/mol. The quantitative estimate of drug-likeness (QED) is 0.295. The van der Waals surface area contributed by atoms with Crippen LogP contribution in [0.5, 0.6) is 0 Å². The van der Waals surface area contributed by atoms with Crippen molar-refractivity contribution in [3.8, 4) is 33.8 Å². The number of hydrogen-bond acceptors (Lipinski definition) is 3. The molecule has 174 valence electrons. The summed E-state index contributed by atoms with van der Waals surface area (Å²) in [5.74, 6) is 0. The zero-order valence-electron chi connectivity index (χ0n) is 20.3. The SMILES string of the molecule is Cc1ccccc1-c1cc2n(n1)c1cc(-c3ccccc3C)nn1c1cc(-c3ccccc3C)nn21. The van der Waals surface area contributed by atoms with Gasteiger partial charge in [-0.05, 0) is 37.5 Å². The second kappa shape index (κ2) is 7.65. The summed E-state index contributed by atoms with van der Waals surface area (Å²) in [6.45, 7) is 6.34. The van der Waals surface area contributed by atoms with Crippen molar-refractivity contribution in [2.75, 3.05) is 0 Å². The predicted octanol–water partition coefficient (Wildman–Crippen LogP) is 6.56. The molecule has 0 saturated carbocycles. The van der Waals surface area contributed by atoms with Crippen LogP contribution >= 0.6 is 0 Å². The number of nitrogens with zero attached hydrogens (tertiary/aromatic N) is 6. The maximum Gasteiger partial charge on any atom is 0.162 e. The maximum atomic E-state index is 5.05. The van der Waals surface area contributed by atoms with Crippen molar-refractivity contribution in [3.05, 3.63) is 108 Å². The van der Waals surface area contributed by atoms with Gasteiger partial charge in [-0.15, -0.1) is 0 Å². The van der Waals surface area contributed by atoms with Gasteiger partial charge >= 0.3 is 0 Å². The van der Waals surface area contributed by atoms with Crippen LogP contribution in [0, 0.1) is 20.8 Å². The monoisotopic (exact) mass is 468 g/mol. The summed E-state index contributed by atoms with van der Waals surface area (Å²) in [6, 6.07) is 31.4. The number of fused-ring (bicyclic) bond motifs is 6. The number of aromatic nitrogens is 6. The van der Waals surface area contributed by atoms with Gasteiger partial charge in [0.05, 0.1) is 17.1 Å². The van der Waals surface area contributed by atoms with Crippen LogP contribution in [0.4, 0.5) is 0 Å². The Morgan fingerprint density at radius 1 is 0.417 bits per heavy atom. The molecule has 36 heavy (non-hydrogen) atoms. The van der Waals surface area contributed by atoms with E-state index in [4.69, 9.17) is 15.3 Å². The minimum Gasteiger partial charge on any atom is -0.196 e. The van der Waals surface area contributed by atoms with Gasteiger partial charge in [0.1, 0.15) is 0 Å². The van der Waals surface area contributed by atoms with E-state index in [-0.39, 0.29) is 0 Å². The van der Waals surface area contributed by atoms with E-state index in [2.05, 4.69) is 112 Å². The van der Waals surface area contributed by atoms with Crippen LogP contribution < -0.4 is 0 Å².